The molecule has 18 heavy (non-hydrogen) atoms. The van der Waals surface area contributed by atoms with E-state index in [0.717, 1.165) is 30.4 Å². The van der Waals surface area contributed by atoms with E-state index in [-0.39, 0.29) is 5.92 Å². The summed E-state index contributed by atoms with van der Waals surface area (Å²) in [5.41, 5.74) is 3.26. The van der Waals surface area contributed by atoms with Crippen molar-refractivity contribution in [3.05, 3.63) is 65.5 Å². The van der Waals surface area contributed by atoms with Crippen molar-refractivity contribution in [1.82, 2.24) is 4.98 Å². The Bertz CT molecular complexity index is 562. The summed E-state index contributed by atoms with van der Waals surface area (Å²) < 4.78 is 0. The van der Waals surface area contributed by atoms with Gasteiger partial charge in [0.15, 0.2) is 5.78 Å². The van der Waals surface area contributed by atoms with E-state index >= 15 is 0 Å². The monoisotopic (exact) mass is 237 g/mol. The van der Waals surface area contributed by atoms with Crippen molar-refractivity contribution < 1.29 is 4.79 Å². The standard InChI is InChI=1S/C16H15NO/c18-16-14(10-12-4-3-9-17-11-12)8-7-13-5-1-2-6-15(13)16/h1-6,9,11,14H,7-8,10H2. The molecule has 0 amide bonds. The van der Waals surface area contributed by atoms with Gasteiger partial charge in [0.25, 0.3) is 0 Å². The lowest BCUT2D eigenvalue weighted by atomic mass is 9.80. The van der Waals surface area contributed by atoms with Crippen LogP contribution < -0.4 is 0 Å². The highest BCUT2D eigenvalue weighted by atomic mass is 16.1. The molecule has 1 atom stereocenters. The largest absolute Gasteiger partial charge is 0.294 e. The Morgan fingerprint density at radius 3 is 2.89 bits per heavy atom. The second kappa shape index (κ2) is 4.73. The molecule has 0 radical (unpaired) electrons. The van der Waals surface area contributed by atoms with Gasteiger partial charge in [0.05, 0.1) is 0 Å². The van der Waals surface area contributed by atoms with E-state index < -0.39 is 0 Å². The zero-order valence-corrected chi connectivity index (χ0v) is 10.2. The number of aromatic nitrogens is 1. The number of pyridine rings is 1. The molecule has 3 rings (SSSR count). The van der Waals surface area contributed by atoms with Crippen molar-refractivity contribution in [1.29, 1.82) is 0 Å². The Morgan fingerprint density at radius 1 is 1.17 bits per heavy atom. The summed E-state index contributed by atoms with van der Waals surface area (Å²) >= 11 is 0. The maximum absolute atomic E-state index is 12.4. The maximum Gasteiger partial charge on any atom is 0.166 e. The van der Waals surface area contributed by atoms with Crippen LogP contribution in [0.1, 0.15) is 27.9 Å². The first kappa shape index (κ1) is 11.1. The summed E-state index contributed by atoms with van der Waals surface area (Å²) in [4.78, 5) is 16.5. The van der Waals surface area contributed by atoms with Crippen LogP contribution in [0.15, 0.2) is 48.8 Å². The summed E-state index contributed by atoms with van der Waals surface area (Å²) in [6.07, 6.45) is 6.38. The molecule has 0 fully saturated rings. The molecule has 0 N–H and O–H groups in total. The van der Waals surface area contributed by atoms with Gasteiger partial charge >= 0.3 is 0 Å². The average Bonchev–Trinajstić information content (AvgIpc) is 2.43. The van der Waals surface area contributed by atoms with E-state index in [1.165, 1.54) is 5.56 Å². The lowest BCUT2D eigenvalue weighted by molar-refractivity contribution is 0.0901. The normalized spacial score (nSPS) is 18.4. The smallest absolute Gasteiger partial charge is 0.166 e. The highest BCUT2D eigenvalue weighted by Gasteiger charge is 2.26. The molecule has 90 valence electrons. The van der Waals surface area contributed by atoms with Crippen LogP contribution in [0.3, 0.4) is 0 Å². The number of carbonyl (C=O) groups is 1. The molecular formula is C16H15NO. The van der Waals surface area contributed by atoms with Gasteiger partial charge in [-0.3, -0.25) is 9.78 Å². The van der Waals surface area contributed by atoms with Crippen LogP contribution >= 0.6 is 0 Å². The number of rotatable bonds is 2. The summed E-state index contributed by atoms with van der Waals surface area (Å²) in [6.45, 7) is 0. The van der Waals surface area contributed by atoms with E-state index in [9.17, 15) is 4.79 Å². The van der Waals surface area contributed by atoms with Gasteiger partial charge in [-0.25, -0.2) is 0 Å². The molecule has 2 heteroatoms. The predicted molar refractivity (Wildman–Crippen MR) is 70.5 cm³/mol. The molecule has 1 unspecified atom stereocenters. The Labute approximate surface area is 107 Å². The molecule has 2 aromatic rings. The minimum Gasteiger partial charge on any atom is -0.294 e. The predicted octanol–water partition coefficient (Wildman–Crippen LogP) is 3.07. The van der Waals surface area contributed by atoms with Crippen molar-refractivity contribution in [2.45, 2.75) is 19.3 Å². The third-order valence-electron chi connectivity index (χ3n) is 3.62. The fourth-order valence-electron chi connectivity index (χ4n) is 2.66. The number of Topliss-reactive ketones (excluding diaryl/α,β-unsaturated/α-hetero) is 1. The highest BCUT2D eigenvalue weighted by molar-refractivity contribution is 6.00. The van der Waals surface area contributed by atoms with Gasteiger partial charge in [-0.05, 0) is 36.5 Å². The second-order valence-electron chi connectivity index (χ2n) is 4.82. The van der Waals surface area contributed by atoms with Gasteiger partial charge in [-0.15, -0.1) is 0 Å². The van der Waals surface area contributed by atoms with E-state index in [1.54, 1.807) is 6.20 Å². The first-order valence-electron chi connectivity index (χ1n) is 6.35. The number of ketones is 1. The van der Waals surface area contributed by atoms with Gasteiger partial charge in [-0.1, -0.05) is 30.3 Å². The second-order valence-corrected chi connectivity index (χ2v) is 4.82. The number of carbonyl (C=O) groups excluding carboxylic acids is 1. The number of hydrogen-bond acceptors (Lipinski definition) is 2. The molecule has 1 aromatic carbocycles. The van der Waals surface area contributed by atoms with Crippen molar-refractivity contribution >= 4 is 5.78 Å². The molecule has 0 saturated carbocycles. The van der Waals surface area contributed by atoms with Crippen LogP contribution in [0.25, 0.3) is 0 Å². The highest BCUT2D eigenvalue weighted by Crippen LogP contribution is 2.27. The number of fused-ring (bicyclic) bond motifs is 1. The van der Waals surface area contributed by atoms with Gasteiger partial charge in [-0.2, -0.15) is 0 Å². The molecule has 2 nitrogen and oxygen atoms in total. The van der Waals surface area contributed by atoms with Crippen LogP contribution in [0, 0.1) is 5.92 Å². The SMILES string of the molecule is O=C1c2ccccc2CCC1Cc1cccnc1. The van der Waals surface area contributed by atoms with E-state index in [0.29, 0.717) is 5.78 Å². The molecule has 1 aromatic heterocycles. The van der Waals surface area contributed by atoms with E-state index in [4.69, 9.17) is 0 Å². The van der Waals surface area contributed by atoms with Gasteiger partial charge in [0, 0.05) is 23.9 Å². The van der Waals surface area contributed by atoms with Crippen molar-refractivity contribution in [2.24, 2.45) is 5.92 Å². The molecule has 0 spiro atoms. The number of benzene rings is 1. The van der Waals surface area contributed by atoms with Crippen LogP contribution in [-0.2, 0) is 12.8 Å². The Balaban J connectivity index is 1.83. The molecule has 0 aliphatic heterocycles. The Kier molecular flexibility index (Phi) is 2.93. The fourth-order valence-corrected chi connectivity index (χ4v) is 2.66. The average molecular weight is 237 g/mol. The van der Waals surface area contributed by atoms with Crippen LogP contribution in [0.4, 0.5) is 0 Å². The first-order valence-corrected chi connectivity index (χ1v) is 6.35. The molecular weight excluding hydrogens is 222 g/mol. The van der Waals surface area contributed by atoms with Crippen molar-refractivity contribution in [2.75, 3.05) is 0 Å². The molecule has 0 saturated heterocycles. The Hall–Kier alpha value is -1.96. The number of hydrogen-bond donors (Lipinski definition) is 0. The zero-order valence-electron chi connectivity index (χ0n) is 10.2. The van der Waals surface area contributed by atoms with E-state index in [1.807, 2.05) is 36.5 Å². The van der Waals surface area contributed by atoms with Crippen molar-refractivity contribution in [3.63, 3.8) is 0 Å². The first-order chi connectivity index (χ1) is 8.84. The molecule has 1 heterocycles. The maximum atomic E-state index is 12.4. The molecule has 1 aliphatic rings. The minimum atomic E-state index is 0.115. The Morgan fingerprint density at radius 2 is 2.06 bits per heavy atom. The van der Waals surface area contributed by atoms with Gasteiger partial charge < -0.3 is 0 Å². The number of nitrogens with zero attached hydrogens (tertiary/aromatic N) is 1. The van der Waals surface area contributed by atoms with Crippen LogP contribution in [0.5, 0.6) is 0 Å². The van der Waals surface area contributed by atoms with E-state index in [2.05, 4.69) is 11.1 Å². The third kappa shape index (κ3) is 2.06. The van der Waals surface area contributed by atoms with Crippen molar-refractivity contribution in [3.8, 4) is 0 Å². The molecule has 0 bridgehead atoms. The van der Waals surface area contributed by atoms with Crippen LogP contribution in [0.2, 0.25) is 0 Å². The summed E-state index contributed by atoms with van der Waals surface area (Å²) in [7, 11) is 0. The topological polar surface area (TPSA) is 30.0 Å². The summed E-state index contributed by atoms with van der Waals surface area (Å²) in [5.74, 6) is 0.407. The summed E-state index contributed by atoms with van der Waals surface area (Å²) in [6, 6.07) is 11.9. The van der Waals surface area contributed by atoms with Gasteiger partial charge in [0.2, 0.25) is 0 Å². The molecule has 1 aliphatic carbocycles. The quantitative estimate of drug-likeness (QED) is 0.803. The lowest BCUT2D eigenvalue weighted by Crippen LogP contribution is -2.24. The van der Waals surface area contributed by atoms with Crippen LogP contribution in [-0.4, -0.2) is 10.8 Å². The lowest BCUT2D eigenvalue weighted by Gasteiger charge is -2.23. The third-order valence-corrected chi connectivity index (χ3v) is 3.62. The van der Waals surface area contributed by atoms with Gasteiger partial charge in [0.1, 0.15) is 0 Å². The summed E-state index contributed by atoms with van der Waals surface area (Å²) in [5, 5.41) is 0. The zero-order chi connectivity index (χ0) is 12.4. The fraction of sp³-hybridized carbons (Fsp3) is 0.250. The minimum absolute atomic E-state index is 0.115. The number of aryl methyl sites for hydroxylation is 1.